The molecule has 31 heavy (non-hydrogen) atoms. The number of halogens is 1. The second kappa shape index (κ2) is 11.9. The van der Waals surface area contributed by atoms with E-state index in [0.29, 0.717) is 6.54 Å². The molecule has 2 aromatic carbocycles. The van der Waals surface area contributed by atoms with Crippen LogP contribution in [0, 0.1) is 0 Å². The monoisotopic (exact) mass is 546 g/mol. The highest BCUT2D eigenvalue weighted by Crippen LogP contribution is 2.22. The van der Waals surface area contributed by atoms with E-state index in [9.17, 15) is 0 Å². The van der Waals surface area contributed by atoms with E-state index in [1.165, 1.54) is 16.3 Å². The Morgan fingerprint density at radius 2 is 1.84 bits per heavy atom. The molecular formula is C23H27IN6S. The minimum absolute atomic E-state index is 0. The number of benzene rings is 2. The molecule has 0 saturated carbocycles. The summed E-state index contributed by atoms with van der Waals surface area (Å²) >= 11 is 1.93. The number of guanidine groups is 1. The largest absolute Gasteiger partial charge is 0.357 e. The van der Waals surface area contributed by atoms with Crippen LogP contribution < -0.4 is 10.6 Å². The second-order valence-electron chi connectivity index (χ2n) is 6.86. The molecule has 0 unspecified atom stereocenters. The molecule has 0 radical (unpaired) electrons. The maximum Gasteiger partial charge on any atom is 0.191 e. The molecule has 4 rings (SSSR count). The second-order valence-corrected chi connectivity index (χ2v) is 7.96. The van der Waals surface area contributed by atoms with Gasteiger partial charge in [-0.25, -0.2) is 4.99 Å². The molecule has 0 aliphatic heterocycles. The highest BCUT2D eigenvalue weighted by Gasteiger charge is 2.05. The third-order valence-corrected chi connectivity index (χ3v) is 5.79. The molecular weight excluding hydrogens is 519 g/mol. The summed E-state index contributed by atoms with van der Waals surface area (Å²) in [5.41, 5.74) is 2.22. The third kappa shape index (κ3) is 6.10. The fraction of sp³-hybridized carbons (Fsp3) is 0.261. The van der Waals surface area contributed by atoms with Crippen molar-refractivity contribution in [1.82, 2.24) is 25.2 Å². The first kappa shape index (κ1) is 23.3. The molecule has 2 heterocycles. The van der Waals surface area contributed by atoms with E-state index in [-0.39, 0.29) is 24.0 Å². The van der Waals surface area contributed by atoms with Crippen LogP contribution in [0.2, 0.25) is 0 Å². The Morgan fingerprint density at radius 1 is 1.00 bits per heavy atom. The van der Waals surface area contributed by atoms with Crippen LogP contribution >= 0.6 is 35.7 Å². The lowest BCUT2D eigenvalue weighted by atomic mass is 10.1. The van der Waals surface area contributed by atoms with Crippen molar-refractivity contribution < 1.29 is 0 Å². The van der Waals surface area contributed by atoms with Gasteiger partial charge < -0.3 is 10.6 Å². The van der Waals surface area contributed by atoms with Gasteiger partial charge in [-0.05, 0) is 35.4 Å². The van der Waals surface area contributed by atoms with E-state index in [1.54, 1.807) is 0 Å². The molecule has 0 spiro atoms. The lowest BCUT2D eigenvalue weighted by Gasteiger charge is -2.11. The molecule has 162 valence electrons. The van der Waals surface area contributed by atoms with Gasteiger partial charge in [0, 0.05) is 30.8 Å². The predicted molar refractivity (Wildman–Crippen MR) is 141 cm³/mol. The van der Waals surface area contributed by atoms with E-state index in [0.717, 1.165) is 42.0 Å². The van der Waals surface area contributed by atoms with Gasteiger partial charge in [-0.15, -0.1) is 34.2 Å². The lowest BCUT2D eigenvalue weighted by Crippen LogP contribution is -2.38. The van der Waals surface area contributed by atoms with Gasteiger partial charge in [0.1, 0.15) is 6.54 Å². The quantitative estimate of drug-likeness (QED) is 0.148. The SMILES string of the molecule is CCNC(=NCc1nnc2ccccn12)NCCSCc1cccc2ccccc12.I. The smallest absolute Gasteiger partial charge is 0.191 e. The zero-order valence-electron chi connectivity index (χ0n) is 17.5. The number of rotatable bonds is 8. The van der Waals surface area contributed by atoms with Crippen LogP contribution in [0.1, 0.15) is 18.3 Å². The van der Waals surface area contributed by atoms with E-state index in [4.69, 9.17) is 0 Å². The summed E-state index contributed by atoms with van der Waals surface area (Å²) in [7, 11) is 0. The van der Waals surface area contributed by atoms with E-state index in [2.05, 4.69) is 75.2 Å². The van der Waals surface area contributed by atoms with Gasteiger partial charge in [0.15, 0.2) is 17.4 Å². The summed E-state index contributed by atoms with van der Waals surface area (Å²) in [5.74, 6) is 3.63. The topological polar surface area (TPSA) is 66.6 Å². The van der Waals surface area contributed by atoms with Crippen LogP contribution in [-0.2, 0) is 12.3 Å². The van der Waals surface area contributed by atoms with Crippen molar-refractivity contribution in [2.75, 3.05) is 18.8 Å². The molecule has 0 bridgehead atoms. The molecule has 4 aromatic rings. The van der Waals surface area contributed by atoms with Crippen LogP contribution in [-0.4, -0.2) is 39.4 Å². The number of aromatic nitrogens is 3. The number of hydrogen-bond acceptors (Lipinski definition) is 4. The zero-order chi connectivity index (χ0) is 20.6. The molecule has 0 saturated heterocycles. The van der Waals surface area contributed by atoms with E-state index in [1.807, 2.05) is 40.6 Å². The summed E-state index contributed by atoms with van der Waals surface area (Å²) < 4.78 is 1.97. The Labute approximate surface area is 204 Å². The van der Waals surface area contributed by atoms with Gasteiger partial charge in [0.25, 0.3) is 0 Å². The lowest BCUT2D eigenvalue weighted by molar-refractivity contribution is 0.817. The van der Waals surface area contributed by atoms with Crippen LogP contribution in [0.3, 0.4) is 0 Å². The van der Waals surface area contributed by atoms with Crippen molar-refractivity contribution in [2.45, 2.75) is 19.2 Å². The Kier molecular flexibility index (Phi) is 8.96. The van der Waals surface area contributed by atoms with Gasteiger partial charge >= 0.3 is 0 Å². The van der Waals surface area contributed by atoms with Crippen molar-refractivity contribution in [2.24, 2.45) is 4.99 Å². The normalized spacial score (nSPS) is 11.5. The van der Waals surface area contributed by atoms with E-state index < -0.39 is 0 Å². The highest BCUT2D eigenvalue weighted by atomic mass is 127. The van der Waals surface area contributed by atoms with Crippen molar-refractivity contribution in [3.8, 4) is 0 Å². The number of fused-ring (bicyclic) bond motifs is 2. The fourth-order valence-corrected chi connectivity index (χ4v) is 4.19. The first-order valence-electron chi connectivity index (χ1n) is 10.2. The van der Waals surface area contributed by atoms with Gasteiger partial charge in [-0.1, -0.05) is 48.5 Å². The minimum atomic E-state index is 0. The number of hydrogen-bond donors (Lipinski definition) is 2. The highest BCUT2D eigenvalue weighted by molar-refractivity contribution is 14.0. The first-order chi connectivity index (χ1) is 14.8. The van der Waals surface area contributed by atoms with Gasteiger partial charge in [-0.2, -0.15) is 11.8 Å². The van der Waals surface area contributed by atoms with Crippen molar-refractivity contribution in [3.05, 3.63) is 78.2 Å². The molecule has 2 aromatic heterocycles. The molecule has 0 atom stereocenters. The Balaban J connectivity index is 0.00000272. The Morgan fingerprint density at radius 3 is 2.74 bits per heavy atom. The Bertz CT molecular complexity index is 1140. The van der Waals surface area contributed by atoms with Crippen LogP contribution in [0.5, 0.6) is 0 Å². The molecule has 0 aliphatic rings. The maximum atomic E-state index is 4.66. The molecule has 2 N–H and O–H groups in total. The average molecular weight is 546 g/mol. The number of nitrogens with one attached hydrogen (secondary N) is 2. The first-order valence-corrected chi connectivity index (χ1v) is 11.4. The molecule has 0 fully saturated rings. The number of nitrogens with zero attached hydrogens (tertiary/aromatic N) is 4. The third-order valence-electron chi connectivity index (χ3n) is 4.78. The summed E-state index contributed by atoms with van der Waals surface area (Å²) in [4.78, 5) is 4.66. The fourth-order valence-electron chi connectivity index (χ4n) is 3.33. The average Bonchev–Trinajstić information content (AvgIpc) is 3.20. The van der Waals surface area contributed by atoms with Crippen molar-refractivity contribution in [3.63, 3.8) is 0 Å². The molecule has 6 nitrogen and oxygen atoms in total. The van der Waals surface area contributed by atoms with Gasteiger partial charge in [-0.3, -0.25) is 4.40 Å². The molecule has 0 aliphatic carbocycles. The summed E-state index contributed by atoms with van der Waals surface area (Å²) in [6.07, 6.45) is 1.96. The van der Waals surface area contributed by atoms with Gasteiger partial charge in [0.2, 0.25) is 0 Å². The van der Waals surface area contributed by atoms with Crippen LogP contribution in [0.4, 0.5) is 0 Å². The summed E-state index contributed by atoms with van der Waals surface area (Å²) in [6.45, 7) is 4.21. The predicted octanol–water partition coefficient (Wildman–Crippen LogP) is 4.49. The standard InChI is InChI=1S/C23H26N6S.HI/c1-2-24-23(26-16-22-28-27-21-12-5-6-14-29(21)22)25-13-15-30-17-19-10-7-9-18-8-3-4-11-20(18)19;/h3-12,14H,2,13,15-17H2,1H3,(H2,24,25,26);1H. The van der Waals surface area contributed by atoms with E-state index >= 15 is 0 Å². The number of thioether (sulfide) groups is 1. The minimum Gasteiger partial charge on any atom is -0.357 e. The number of pyridine rings is 1. The molecule has 0 amide bonds. The van der Waals surface area contributed by atoms with Gasteiger partial charge in [0.05, 0.1) is 0 Å². The summed E-state index contributed by atoms with van der Waals surface area (Å²) in [5, 5.41) is 17.8. The number of aliphatic imine (C=N–C) groups is 1. The maximum absolute atomic E-state index is 4.66. The zero-order valence-corrected chi connectivity index (χ0v) is 20.6. The van der Waals surface area contributed by atoms with Crippen LogP contribution in [0.25, 0.3) is 16.4 Å². The van der Waals surface area contributed by atoms with Crippen molar-refractivity contribution >= 4 is 58.1 Å². The van der Waals surface area contributed by atoms with Crippen molar-refractivity contribution in [1.29, 1.82) is 0 Å². The van der Waals surface area contributed by atoms with Crippen LogP contribution in [0.15, 0.2) is 71.9 Å². The Hall–Kier alpha value is -2.33. The summed E-state index contributed by atoms with van der Waals surface area (Å²) in [6, 6.07) is 21.0. The molecule has 8 heteroatoms.